The number of fused-ring (bicyclic) bond motifs is 1. The Hall–Kier alpha value is -2.46. The van der Waals surface area contributed by atoms with E-state index in [1.807, 2.05) is 0 Å². The number of amides is 1. The fourth-order valence-electron chi connectivity index (χ4n) is 1.99. The molecule has 2 aromatic rings. The molecule has 0 fully saturated rings. The number of rotatable bonds is 1. The number of halogens is 1. The molecular weight excluding hydrogens is 276 g/mol. The zero-order valence-electron chi connectivity index (χ0n) is 10.3. The first-order valence-electron chi connectivity index (χ1n) is 5.94. The van der Waals surface area contributed by atoms with Crippen molar-refractivity contribution in [1.29, 1.82) is 0 Å². The minimum absolute atomic E-state index is 0.0543. The number of carbonyl (C=O) groups is 2. The molecule has 20 heavy (non-hydrogen) atoms. The van der Waals surface area contributed by atoms with Crippen molar-refractivity contribution in [2.24, 2.45) is 0 Å². The highest BCUT2D eigenvalue weighted by Crippen LogP contribution is 2.26. The molecule has 0 saturated carbocycles. The SMILES string of the molecule is O=C1Nc2ncccc2C(=O)C1=Cc1ccccc1Cl. The number of benzene rings is 1. The van der Waals surface area contributed by atoms with Gasteiger partial charge >= 0.3 is 0 Å². The van der Waals surface area contributed by atoms with Crippen LogP contribution >= 0.6 is 11.6 Å². The molecule has 0 atom stereocenters. The second kappa shape index (κ2) is 4.90. The third-order valence-electron chi connectivity index (χ3n) is 2.98. The van der Waals surface area contributed by atoms with E-state index in [2.05, 4.69) is 10.3 Å². The summed E-state index contributed by atoms with van der Waals surface area (Å²) in [6.45, 7) is 0. The number of nitrogens with one attached hydrogen (secondary N) is 1. The average Bonchev–Trinajstić information content (AvgIpc) is 2.45. The molecule has 0 saturated heterocycles. The molecule has 5 heteroatoms. The van der Waals surface area contributed by atoms with Crippen LogP contribution in [0.15, 0.2) is 48.2 Å². The van der Waals surface area contributed by atoms with Crippen LogP contribution in [0, 0.1) is 0 Å². The van der Waals surface area contributed by atoms with Gasteiger partial charge in [-0.15, -0.1) is 0 Å². The first kappa shape index (κ1) is 12.6. The Morgan fingerprint density at radius 1 is 1.10 bits per heavy atom. The predicted molar refractivity (Wildman–Crippen MR) is 76.6 cm³/mol. The second-order valence-electron chi connectivity index (χ2n) is 4.26. The van der Waals surface area contributed by atoms with Gasteiger partial charge in [-0.2, -0.15) is 0 Å². The van der Waals surface area contributed by atoms with Crippen molar-refractivity contribution in [3.63, 3.8) is 0 Å². The molecule has 4 nitrogen and oxygen atoms in total. The van der Waals surface area contributed by atoms with Gasteiger partial charge in [-0.1, -0.05) is 29.8 Å². The molecule has 98 valence electrons. The number of hydrogen-bond donors (Lipinski definition) is 1. The lowest BCUT2D eigenvalue weighted by molar-refractivity contribution is -0.112. The van der Waals surface area contributed by atoms with E-state index >= 15 is 0 Å². The Labute approximate surface area is 120 Å². The van der Waals surface area contributed by atoms with Crippen LogP contribution in [0.3, 0.4) is 0 Å². The maximum absolute atomic E-state index is 12.3. The first-order chi connectivity index (χ1) is 9.66. The lowest BCUT2D eigenvalue weighted by atomic mass is 9.97. The molecule has 0 spiro atoms. The van der Waals surface area contributed by atoms with Gasteiger partial charge in [-0.05, 0) is 29.8 Å². The van der Waals surface area contributed by atoms with Crippen molar-refractivity contribution in [2.45, 2.75) is 0 Å². The predicted octanol–water partition coefficient (Wildman–Crippen LogP) is 2.95. The number of ketones is 1. The standard InChI is InChI=1S/C15H9ClN2O2/c16-12-6-2-1-4-9(12)8-11-13(19)10-5-3-7-17-14(10)18-15(11)20/h1-8H,(H,17,18,20). The Morgan fingerprint density at radius 3 is 2.70 bits per heavy atom. The molecule has 0 bridgehead atoms. The molecule has 1 amide bonds. The Bertz CT molecular complexity index is 753. The molecule has 1 N–H and O–H groups in total. The fourth-order valence-corrected chi connectivity index (χ4v) is 2.18. The molecule has 0 unspecified atom stereocenters. The molecule has 0 radical (unpaired) electrons. The lowest BCUT2D eigenvalue weighted by Crippen LogP contribution is -2.28. The number of carbonyl (C=O) groups excluding carboxylic acids is 2. The molecule has 1 aromatic heterocycles. The summed E-state index contributed by atoms with van der Waals surface area (Å²) in [6, 6.07) is 10.3. The van der Waals surface area contributed by atoms with E-state index in [9.17, 15) is 9.59 Å². The minimum Gasteiger partial charge on any atom is -0.306 e. The van der Waals surface area contributed by atoms with E-state index in [0.717, 1.165) is 0 Å². The zero-order valence-corrected chi connectivity index (χ0v) is 11.0. The van der Waals surface area contributed by atoms with Crippen LogP contribution in [0.2, 0.25) is 5.02 Å². The van der Waals surface area contributed by atoms with Crippen LogP contribution in [0.1, 0.15) is 15.9 Å². The summed E-state index contributed by atoms with van der Waals surface area (Å²) >= 11 is 6.04. The largest absolute Gasteiger partial charge is 0.306 e. The summed E-state index contributed by atoms with van der Waals surface area (Å²) in [5.41, 5.74) is 1.06. The highest BCUT2D eigenvalue weighted by molar-refractivity contribution is 6.37. The lowest BCUT2D eigenvalue weighted by Gasteiger charge is -2.16. The van der Waals surface area contributed by atoms with Crippen molar-refractivity contribution in [2.75, 3.05) is 5.32 Å². The number of Topliss-reactive ketones (excluding diaryl/α,β-unsaturated/α-hetero) is 1. The van der Waals surface area contributed by atoms with Crippen LogP contribution in [0.25, 0.3) is 6.08 Å². The number of aromatic nitrogens is 1. The summed E-state index contributed by atoms with van der Waals surface area (Å²) < 4.78 is 0. The fraction of sp³-hybridized carbons (Fsp3) is 0. The Balaban J connectivity index is 2.10. The van der Waals surface area contributed by atoms with E-state index in [0.29, 0.717) is 22.0 Å². The van der Waals surface area contributed by atoms with E-state index < -0.39 is 5.91 Å². The van der Waals surface area contributed by atoms with Crippen LogP contribution in [0.4, 0.5) is 5.82 Å². The van der Waals surface area contributed by atoms with Crippen LogP contribution in [-0.4, -0.2) is 16.7 Å². The Morgan fingerprint density at radius 2 is 1.90 bits per heavy atom. The summed E-state index contributed by atoms with van der Waals surface area (Å²) in [5, 5.41) is 3.08. The highest BCUT2D eigenvalue weighted by atomic mass is 35.5. The molecule has 3 rings (SSSR count). The van der Waals surface area contributed by atoms with Gasteiger partial charge in [0.25, 0.3) is 5.91 Å². The molecule has 1 aliphatic heterocycles. The molecule has 2 heterocycles. The first-order valence-corrected chi connectivity index (χ1v) is 6.32. The van der Waals surface area contributed by atoms with Gasteiger partial charge < -0.3 is 5.32 Å². The van der Waals surface area contributed by atoms with Crippen LogP contribution in [-0.2, 0) is 4.79 Å². The normalized spacial score (nSPS) is 15.9. The molecule has 1 aliphatic rings. The van der Waals surface area contributed by atoms with Gasteiger partial charge in [0.1, 0.15) is 5.82 Å². The van der Waals surface area contributed by atoms with Crippen LogP contribution in [0.5, 0.6) is 0 Å². The van der Waals surface area contributed by atoms with Gasteiger partial charge in [0.05, 0.1) is 11.1 Å². The van der Waals surface area contributed by atoms with Crippen molar-refractivity contribution < 1.29 is 9.59 Å². The van der Waals surface area contributed by atoms with Crippen LogP contribution < -0.4 is 5.32 Å². The minimum atomic E-state index is -0.471. The number of hydrogen-bond acceptors (Lipinski definition) is 3. The van der Waals surface area contributed by atoms with Crippen molar-refractivity contribution in [3.8, 4) is 0 Å². The van der Waals surface area contributed by atoms with Gasteiger partial charge in [0, 0.05) is 11.2 Å². The summed E-state index contributed by atoms with van der Waals surface area (Å²) in [7, 11) is 0. The van der Waals surface area contributed by atoms with Crippen molar-refractivity contribution in [1.82, 2.24) is 4.98 Å². The maximum Gasteiger partial charge on any atom is 0.260 e. The highest BCUT2D eigenvalue weighted by Gasteiger charge is 2.29. The second-order valence-corrected chi connectivity index (χ2v) is 4.67. The van der Waals surface area contributed by atoms with Gasteiger partial charge in [0.2, 0.25) is 5.78 Å². The van der Waals surface area contributed by atoms with Crippen molar-refractivity contribution in [3.05, 3.63) is 64.3 Å². The van der Waals surface area contributed by atoms with Gasteiger partial charge in [0.15, 0.2) is 0 Å². The molecule has 1 aromatic carbocycles. The van der Waals surface area contributed by atoms with E-state index in [-0.39, 0.29) is 11.4 Å². The van der Waals surface area contributed by atoms with Crippen molar-refractivity contribution >= 4 is 35.2 Å². The third-order valence-corrected chi connectivity index (χ3v) is 3.32. The summed E-state index contributed by atoms with van der Waals surface area (Å²) in [5.74, 6) is -0.531. The summed E-state index contributed by atoms with van der Waals surface area (Å²) in [6.07, 6.45) is 3.02. The average molecular weight is 285 g/mol. The van der Waals surface area contributed by atoms with Gasteiger partial charge in [-0.3, -0.25) is 9.59 Å². The molecular formula is C15H9ClN2O2. The topological polar surface area (TPSA) is 59.1 Å². The Kier molecular flexibility index (Phi) is 3.08. The zero-order chi connectivity index (χ0) is 14.1. The van der Waals surface area contributed by atoms with E-state index in [4.69, 9.17) is 11.6 Å². The summed E-state index contributed by atoms with van der Waals surface area (Å²) in [4.78, 5) is 28.3. The monoisotopic (exact) mass is 284 g/mol. The quantitative estimate of drug-likeness (QED) is 0.647. The van der Waals surface area contributed by atoms with Gasteiger partial charge in [-0.25, -0.2) is 4.98 Å². The smallest absolute Gasteiger partial charge is 0.260 e. The third kappa shape index (κ3) is 2.10. The maximum atomic E-state index is 12.3. The molecule has 0 aliphatic carbocycles. The number of nitrogens with zero attached hydrogens (tertiary/aromatic N) is 1. The van der Waals surface area contributed by atoms with E-state index in [1.165, 1.54) is 12.3 Å². The number of anilines is 1. The van der Waals surface area contributed by atoms with E-state index in [1.54, 1.807) is 36.4 Å². The number of pyridine rings is 1.